The summed E-state index contributed by atoms with van der Waals surface area (Å²) in [5.41, 5.74) is 0.884. The van der Waals surface area contributed by atoms with E-state index in [0.717, 1.165) is 43.6 Å². The minimum Gasteiger partial charge on any atom is -0.494 e. The lowest BCUT2D eigenvalue weighted by atomic mass is 10.1. The van der Waals surface area contributed by atoms with E-state index >= 15 is 0 Å². The maximum absolute atomic E-state index is 12.1. The number of carbonyl (C=O) groups is 1. The van der Waals surface area contributed by atoms with E-state index in [0.29, 0.717) is 13.2 Å². The van der Waals surface area contributed by atoms with E-state index in [4.69, 9.17) is 9.47 Å². The van der Waals surface area contributed by atoms with Crippen molar-refractivity contribution in [1.29, 1.82) is 5.26 Å². The van der Waals surface area contributed by atoms with E-state index in [2.05, 4.69) is 12.2 Å². The van der Waals surface area contributed by atoms with Crippen LogP contribution in [0.4, 0.5) is 0 Å². The molecule has 128 valence electrons. The van der Waals surface area contributed by atoms with Crippen molar-refractivity contribution in [3.8, 4) is 11.8 Å². The molecule has 2 rings (SSSR count). The largest absolute Gasteiger partial charge is 0.494 e. The molecule has 5 heteroatoms. The number of hydrogen-bond acceptors (Lipinski definition) is 4. The molecule has 1 amide bonds. The molecule has 0 spiro atoms. The maximum Gasteiger partial charge on any atom is 0.262 e. The summed E-state index contributed by atoms with van der Waals surface area (Å²) in [6.45, 7) is 4.00. The van der Waals surface area contributed by atoms with Crippen molar-refractivity contribution in [1.82, 2.24) is 5.32 Å². The summed E-state index contributed by atoms with van der Waals surface area (Å²) in [7, 11) is 0. The van der Waals surface area contributed by atoms with Gasteiger partial charge in [-0.15, -0.1) is 0 Å². The Morgan fingerprint density at radius 1 is 1.46 bits per heavy atom. The molecule has 0 saturated carbocycles. The van der Waals surface area contributed by atoms with Crippen LogP contribution in [0, 0.1) is 11.3 Å². The topological polar surface area (TPSA) is 71.3 Å². The van der Waals surface area contributed by atoms with Crippen LogP contribution in [0.3, 0.4) is 0 Å². The van der Waals surface area contributed by atoms with Gasteiger partial charge in [0.15, 0.2) is 0 Å². The molecule has 1 fully saturated rings. The van der Waals surface area contributed by atoms with Crippen LogP contribution in [0.25, 0.3) is 6.08 Å². The summed E-state index contributed by atoms with van der Waals surface area (Å²) >= 11 is 0. The number of nitrogens with one attached hydrogen (secondary N) is 1. The molecule has 5 nitrogen and oxygen atoms in total. The summed E-state index contributed by atoms with van der Waals surface area (Å²) in [5, 5.41) is 12.0. The Morgan fingerprint density at radius 2 is 2.25 bits per heavy atom. The molecule has 1 aliphatic heterocycles. The average Bonchev–Trinajstić information content (AvgIpc) is 3.12. The predicted octanol–water partition coefficient (Wildman–Crippen LogP) is 3.07. The Morgan fingerprint density at radius 3 is 2.88 bits per heavy atom. The third-order valence-electron chi connectivity index (χ3n) is 3.84. The third-order valence-corrected chi connectivity index (χ3v) is 3.84. The molecule has 0 bridgehead atoms. The molecule has 24 heavy (non-hydrogen) atoms. The SMILES string of the molecule is CCCCOc1ccc(/C=C(/C#N)C(=O)NCC2CCCO2)cc1. The zero-order valence-corrected chi connectivity index (χ0v) is 14.1. The van der Waals surface area contributed by atoms with Gasteiger partial charge in [-0.1, -0.05) is 25.5 Å². The van der Waals surface area contributed by atoms with Crippen LogP contribution >= 0.6 is 0 Å². The Hall–Kier alpha value is -2.32. The summed E-state index contributed by atoms with van der Waals surface area (Å²) < 4.78 is 11.1. The zero-order chi connectivity index (χ0) is 17.2. The number of benzene rings is 1. The van der Waals surface area contributed by atoms with Gasteiger partial charge >= 0.3 is 0 Å². The van der Waals surface area contributed by atoms with Gasteiger partial charge in [-0.25, -0.2) is 0 Å². The molecule has 0 radical (unpaired) electrons. The zero-order valence-electron chi connectivity index (χ0n) is 14.1. The van der Waals surface area contributed by atoms with Gasteiger partial charge in [0, 0.05) is 13.2 Å². The molecule has 0 aromatic heterocycles. The highest BCUT2D eigenvalue weighted by molar-refractivity contribution is 6.01. The highest BCUT2D eigenvalue weighted by Crippen LogP contribution is 2.15. The number of nitrogens with zero attached hydrogens (tertiary/aromatic N) is 1. The number of unbranched alkanes of at least 4 members (excludes halogenated alkanes) is 1. The van der Waals surface area contributed by atoms with E-state index in [9.17, 15) is 10.1 Å². The molecular formula is C19H24N2O3. The fourth-order valence-corrected chi connectivity index (χ4v) is 2.42. The van der Waals surface area contributed by atoms with Gasteiger partial charge in [0.05, 0.1) is 12.7 Å². The fraction of sp³-hybridized carbons (Fsp3) is 0.474. The molecule has 1 N–H and O–H groups in total. The van der Waals surface area contributed by atoms with Crippen LogP contribution in [0.15, 0.2) is 29.8 Å². The molecule has 1 aromatic carbocycles. The van der Waals surface area contributed by atoms with Crippen LogP contribution in [0.2, 0.25) is 0 Å². The first-order valence-electron chi connectivity index (χ1n) is 8.47. The number of nitriles is 1. The minimum atomic E-state index is -0.365. The molecule has 1 saturated heterocycles. The van der Waals surface area contributed by atoms with Crippen LogP contribution in [-0.4, -0.2) is 31.8 Å². The van der Waals surface area contributed by atoms with Crippen LogP contribution in [-0.2, 0) is 9.53 Å². The van der Waals surface area contributed by atoms with E-state index < -0.39 is 0 Å². The van der Waals surface area contributed by atoms with Gasteiger partial charge < -0.3 is 14.8 Å². The van der Waals surface area contributed by atoms with Crippen molar-refractivity contribution in [3.05, 3.63) is 35.4 Å². The van der Waals surface area contributed by atoms with Gasteiger partial charge in [0.25, 0.3) is 5.91 Å². The van der Waals surface area contributed by atoms with Crippen LogP contribution in [0.1, 0.15) is 38.2 Å². The van der Waals surface area contributed by atoms with E-state index in [1.807, 2.05) is 30.3 Å². The highest BCUT2D eigenvalue weighted by Gasteiger charge is 2.17. The van der Waals surface area contributed by atoms with Gasteiger partial charge in [-0.05, 0) is 43.0 Å². The number of rotatable bonds is 8. The van der Waals surface area contributed by atoms with E-state index in [1.54, 1.807) is 6.08 Å². The number of amides is 1. The van der Waals surface area contributed by atoms with Crippen molar-refractivity contribution in [2.75, 3.05) is 19.8 Å². The monoisotopic (exact) mass is 328 g/mol. The predicted molar refractivity (Wildman–Crippen MR) is 92.4 cm³/mol. The smallest absolute Gasteiger partial charge is 0.262 e. The summed E-state index contributed by atoms with van der Waals surface area (Å²) in [6, 6.07) is 9.33. The second-order valence-corrected chi connectivity index (χ2v) is 5.79. The number of ether oxygens (including phenoxy) is 2. The van der Waals surface area contributed by atoms with Gasteiger partial charge in [-0.2, -0.15) is 5.26 Å². The van der Waals surface area contributed by atoms with E-state index in [1.165, 1.54) is 0 Å². The number of hydrogen-bond donors (Lipinski definition) is 1. The Balaban J connectivity index is 1.90. The van der Waals surface area contributed by atoms with Crippen molar-refractivity contribution in [3.63, 3.8) is 0 Å². The lowest BCUT2D eigenvalue weighted by Gasteiger charge is -2.10. The molecule has 0 aliphatic carbocycles. The van der Waals surface area contributed by atoms with Gasteiger partial charge in [0.2, 0.25) is 0 Å². The average molecular weight is 328 g/mol. The normalized spacial score (nSPS) is 17.3. The second kappa shape index (κ2) is 9.74. The Bertz CT molecular complexity index is 596. The Labute approximate surface area is 143 Å². The third kappa shape index (κ3) is 5.71. The minimum absolute atomic E-state index is 0.0634. The molecule has 1 heterocycles. The van der Waals surface area contributed by atoms with Crippen molar-refractivity contribution in [2.45, 2.75) is 38.7 Å². The van der Waals surface area contributed by atoms with Gasteiger partial charge in [0.1, 0.15) is 17.4 Å². The Kier molecular flexibility index (Phi) is 7.31. The van der Waals surface area contributed by atoms with E-state index in [-0.39, 0.29) is 17.6 Å². The molecule has 1 unspecified atom stereocenters. The first-order valence-corrected chi connectivity index (χ1v) is 8.47. The van der Waals surface area contributed by atoms with Gasteiger partial charge in [-0.3, -0.25) is 4.79 Å². The summed E-state index contributed by atoms with van der Waals surface area (Å²) in [4.78, 5) is 12.1. The summed E-state index contributed by atoms with van der Waals surface area (Å²) in [6.07, 6.45) is 5.73. The van der Waals surface area contributed by atoms with Crippen molar-refractivity contribution >= 4 is 12.0 Å². The first-order chi connectivity index (χ1) is 11.7. The number of carbonyl (C=O) groups excluding carboxylic acids is 1. The van der Waals surface area contributed by atoms with Crippen LogP contribution in [0.5, 0.6) is 5.75 Å². The lowest BCUT2D eigenvalue weighted by molar-refractivity contribution is -0.117. The molecule has 1 aromatic rings. The molecule has 1 aliphatic rings. The lowest BCUT2D eigenvalue weighted by Crippen LogP contribution is -2.32. The fourth-order valence-electron chi connectivity index (χ4n) is 2.42. The quantitative estimate of drug-likeness (QED) is 0.452. The van der Waals surface area contributed by atoms with Crippen molar-refractivity contribution < 1.29 is 14.3 Å². The van der Waals surface area contributed by atoms with Crippen molar-refractivity contribution in [2.24, 2.45) is 0 Å². The molecule has 1 atom stereocenters. The highest BCUT2D eigenvalue weighted by atomic mass is 16.5. The van der Waals surface area contributed by atoms with Crippen LogP contribution < -0.4 is 10.1 Å². The first kappa shape index (κ1) is 18.0. The standard InChI is InChI=1S/C19H24N2O3/c1-2-3-10-23-17-8-6-15(7-9-17)12-16(13-20)19(22)21-14-18-5-4-11-24-18/h6-9,12,18H,2-5,10-11,14H2,1H3,(H,21,22)/b16-12-. The maximum atomic E-state index is 12.1. The second-order valence-electron chi connectivity index (χ2n) is 5.79. The summed E-state index contributed by atoms with van der Waals surface area (Å²) in [5.74, 6) is 0.429. The molecular weight excluding hydrogens is 304 g/mol.